The zero-order chi connectivity index (χ0) is 15.9. The topological polar surface area (TPSA) is 98.6 Å². The van der Waals surface area contributed by atoms with Gasteiger partial charge in [0.2, 0.25) is 0 Å². The number of nitrogens with zero attached hydrogens (tertiary/aromatic N) is 2. The number of hydrogen-bond donors (Lipinski definition) is 2. The molecule has 0 fully saturated rings. The van der Waals surface area contributed by atoms with E-state index in [1.807, 2.05) is 6.07 Å². The Morgan fingerprint density at radius 1 is 1.45 bits per heavy atom. The van der Waals surface area contributed by atoms with Crippen molar-refractivity contribution < 1.29 is 8.42 Å². The van der Waals surface area contributed by atoms with E-state index >= 15 is 0 Å². The van der Waals surface area contributed by atoms with Gasteiger partial charge >= 0.3 is 0 Å². The number of aryl methyl sites for hydroxylation is 1. The van der Waals surface area contributed by atoms with Gasteiger partial charge in [-0.15, -0.1) is 0 Å². The lowest BCUT2D eigenvalue weighted by atomic mass is 10.2. The number of nitrogens with one attached hydrogen (secondary N) is 2. The molecule has 22 heavy (non-hydrogen) atoms. The summed E-state index contributed by atoms with van der Waals surface area (Å²) in [7, 11) is -3.86. The summed E-state index contributed by atoms with van der Waals surface area (Å²) in [6.07, 6.45) is 1.38. The molecule has 0 unspecified atom stereocenters. The normalized spacial score (nSPS) is 11.5. The minimum Gasteiger partial charge on any atom is -0.360 e. The predicted molar refractivity (Wildman–Crippen MR) is 85.7 cm³/mol. The van der Waals surface area contributed by atoms with E-state index in [9.17, 15) is 8.42 Å². The summed E-state index contributed by atoms with van der Waals surface area (Å²) in [5, 5.41) is 10.1. The van der Waals surface area contributed by atoms with Crippen LogP contribution in [-0.4, -0.2) is 17.8 Å². The third-order valence-electron chi connectivity index (χ3n) is 3.10. The monoisotopic (exact) mass is 352 g/mol. The van der Waals surface area contributed by atoms with Gasteiger partial charge in [0.25, 0.3) is 10.0 Å². The van der Waals surface area contributed by atoms with Crippen LogP contribution in [0.1, 0.15) is 10.4 Å². The van der Waals surface area contributed by atoms with Crippen molar-refractivity contribution >= 4 is 49.9 Å². The Balaban J connectivity index is 2.07. The number of halogens is 1. The van der Waals surface area contributed by atoms with Crippen molar-refractivity contribution in [3.8, 4) is 6.07 Å². The number of rotatable bonds is 3. The maximum Gasteiger partial charge on any atom is 0.265 e. The van der Waals surface area contributed by atoms with Gasteiger partial charge in [-0.2, -0.15) is 9.64 Å². The summed E-state index contributed by atoms with van der Waals surface area (Å²) in [6, 6.07) is 6.84. The van der Waals surface area contributed by atoms with Gasteiger partial charge in [0, 0.05) is 27.0 Å². The van der Waals surface area contributed by atoms with E-state index in [4.69, 9.17) is 16.9 Å². The van der Waals surface area contributed by atoms with E-state index in [1.165, 1.54) is 6.20 Å². The number of fused-ring (bicyclic) bond motifs is 1. The number of hydrogen-bond acceptors (Lipinski definition) is 5. The molecule has 2 N–H and O–H groups in total. The Morgan fingerprint density at radius 2 is 2.23 bits per heavy atom. The van der Waals surface area contributed by atoms with Gasteiger partial charge in [0.05, 0.1) is 0 Å². The number of aromatic amines is 1. The second-order valence-electron chi connectivity index (χ2n) is 4.52. The molecule has 0 aliphatic heterocycles. The van der Waals surface area contributed by atoms with E-state index < -0.39 is 10.0 Å². The first-order valence-corrected chi connectivity index (χ1v) is 8.71. The van der Waals surface area contributed by atoms with Crippen LogP contribution in [0.15, 0.2) is 29.3 Å². The van der Waals surface area contributed by atoms with Crippen molar-refractivity contribution in [2.24, 2.45) is 0 Å². The molecule has 3 aromatic rings. The first kappa shape index (κ1) is 14.8. The summed E-state index contributed by atoms with van der Waals surface area (Å²) in [4.78, 5) is 3.60. The number of nitriles is 1. The molecule has 0 bridgehead atoms. The van der Waals surface area contributed by atoms with Crippen LogP contribution >= 0.6 is 23.1 Å². The van der Waals surface area contributed by atoms with Crippen molar-refractivity contribution in [2.75, 3.05) is 4.72 Å². The summed E-state index contributed by atoms with van der Waals surface area (Å²) < 4.78 is 31.4. The minimum absolute atomic E-state index is 0.0494. The second-order valence-corrected chi connectivity index (χ2v) is 7.59. The SMILES string of the molecule is Cc1snc(NS(=O)(=O)c2c[nH]c3cc(Cl)ccc23)c1C#N. The van der Waals surface area contributed by atoms with Crippen LogP contribution in [0.4, 0.5) is 5.82 Å². The molecule has 1 aromatic carbocycles. The lowest BCUT2D eigenvalue weighted by Gasteiger charge is -2.04. The predicted octanol–water partition coefficient (Wildman–Crippen LogP) is 3.26. The molecular weight excluding hydrogens is 344 g/mol. The van der Waals surface area contributed by atoms with E-state index in [-0.39, 0.29) is 16.3 Å². The molecule has 0 saturated heterocycles. The second kappa shape index (κ2) is 5.28. The maximum atomic E-state index is 12.5. The summed E-state index contributed by atoms with van der Waals surface area (Å²) >= 11 is 6.96. The number of aromatic nitrogens is 2. The zero-order valence-electron chi connectivity index (χ0n) is 11.2. The zero-order valence-corrected chi connectivity index (χ0v) is 13.6. The van der Waals surface area contributed by atoms with Crippen molar-refractivity contribution in [1.82, 2.24) is 9.36 Å². The Bertz CT molecular complexity index is 1010. The van der Waals surface area contributed by atoms with Gasteiger partial charge in [-0.1, -0.05) is 11.6 Å². The van der Waals surface area contributed by atoms with E-state index in [0.717, 1.165) is 11.5 Å². The Hall–Kier alpha value is -2.08. The fourth-order valence-corrected chi connectivity index (χ4v) is 4.07. The van der Waals surface area contributed by atoms with Crippen LogP contribution in [0.25, 0.3) is 10.9 Å². The molecule has 2 heterocycles. The van der Waals surface area contributed by atoms with Crippen LogP contribution in [0.5, 0.6) is 0 Å². The average Bonchev–Trinajstić information content (AvgIpc) is 3.02. The Morgan fingerprint density at radius 3 is 2.95 bits per heavy atom. The standard InChI is InChI=1S/C13H9ClN4O2S2/c1-7-10(5-15)13(17-21-7)18-22(19,20)12-6-16-11-4-8(14)2-3-9(11)12/h2-4,6,16H,1H3,(H,17,18). The molecule has 3 rings (SSSR count). The highest BCUT2D eigenvalue weighted by molar-refractivity contribution is 7.93. The van der Waals surface area contributed by atoms with Gasteiger partial charge in [-0.05, 0) is 36.7 Å². The van der Waals surface area contributed by atoms with Gasteiger partial charge in [0.15, 0.2) is 5.82 Å². The number of benzene rings is 1. The molecule has 2 aromatic heterocycles. The molecule has 0 aliphatic rings. The van der Waals surface area contributed by atoms with Crippen molar-refractivity contribution in [1.29, 1.82) is 5.26 Å². The lowest BCUT2D eigenvalue weighted by molar-refractivity contribution is 0.602. The summed E-state index contributed by atoms with van der Waals surface area (Å²) in [6.45, 7) is 1.71. The van der Waals surface area contributed by atoms with Gasteiger partial charge in [-0.3, -0.25) is 4.72 Å². The molecule has 112 valence electrons. The van der Waals surface area contributed by atoms with Crippen LogP contribution in [-0.2, 0) is 10.0 Å². The molecule has 0 amide bonds. The Kier molecular flexibility index (Phi) is 3.56. The molecule has 0 aliphatic carbocycles. The fourth-order valence-electron chi connectivity index (χ4n) is 2.05. The van der Waals surface area contributed by atoms with Crippen molar-refractivity contribution in [3.05, 3.63) is 39.9 Å². The van der Waals surface area contributed by atoms with Crippen molar-refractivity contribution in [3.63, 3.8) is 0 Å². The van der Waals surface area contributed by atoms with E-state index in [2.05, 4.69) is 14.1 Å². The first-order chi connectivity index (χ1) is 10.4. The Labute approximate surface area is 135 Å². The third-order valence-corrected chi connectivity index (χ3v) is 5.47. The summed E-state index contributed by atoms with van der Waals surface area (Å²) in [5.41, 5.74) is 0.847. The summed E-state index contributed by atoms with van der Waals surface area (Å²) in [5.74, 6) is 0.0494. The highest BCUT2D eigenvalue weighted by atomic mass is 35.5. The molecular formula is C13H9ClN4O2S2. The number of anilines is 1. The van der Waals surface area contributed by atoms with Gasteiger partial charge in [-0.25, -0.2) is 8.42 Å². The smallest absolute Gasteiger partial charge is 0.265 e. The quantitative estimate of drug-likeness (QED) is 0.755. The van der Waals surface area contributed by atoms with Crippen LogP contribution in [0, 0.1) is 18.3 Å². The number of sulfonamides is 1. The largest absolute Gasteiger partial charge is 0.360 e. The molecule has 0 atom stereocenters. The molecule has 6 nitrogen and oxygen atoms in total. The van der Waals surface area contributed by atoms with Gasteiger partial charge < -0.3 is 4.98 Å². The van der Waals surface area contributed by atoms with E-state index in [0.29, 0.717) is 20.8 Å². The van der Waals surface area contributed by atoms with Crippen molar-refractivity contribution in [2.45, 2.75) is 11.8 Å². The molecule has 0 radical (unpaired) electrons. The van der Waals surface area contributed by atoms with Crippen LogP contribution in [0.3, 0.4) is 0 Å². The van der Waals surface area contributed by atoms with Gasteiger partial charge in [0.1, 0.15) is 16.5 Å². The molecule has 0 spiro atoms. The highest BCUT2D eigenvalue weighted by Gasteiger charge is 2.22. The minimum atomic E-state index is -3.86. The lowest BCUT2D eigenvalue weighted by Crippen LogP contribution is -2.13. The van der Waals surface area contributed by atoms with Crippen LogP contribution in [0.2, 0.25) is 5.02 Å². The molecule has 9 heteroatoms. The first-order valence-electron chi connectivity index (χ1n) is 6.08. The maximum absolute atomic E-state index is 12.5. The number of H-pyrrole nitrogens is 1. The third kappa shape index (κ3) is 2.43. The molecule has 0 saturated carbocycles. The average molecular weight is 353 g/mol. The van der Waals surface area contributed by atoms with Crippen LogP contribution < -0.4 is 4.72 Å². The fraction of sp³-hybridized carbons (Fsp3) is 0.0769. The highest BCUT2D eigenvalue weighted by Crippen LogP contribution is 2.28. The van der Waals surface area contributed by atoms with E-state index in [1.54, 1.807) is 25.1 Å².